The highest BCUT2D eigenvalue weighted by Crippen LogP contribution is 2.14. The summed E-state index contributed by atoms with van der Waals surface area (Å²) in [7, 11) is 3.88. The zero-order chi connectivity index (χ0) is 37.7. The molecule has 3 atom stereocenters. The zero-order valence-electron chi connectivity index (χ0n) is 26.9. The maximum absolute atomic E-state index is 13.2. The summed E-state index contributed by atoms with van der Waals surface area (Å²) >= 11 is 0. The summed E-state index contributed by atoms with van der Waals surface area (Å²) in [5.74, 6) is -10.7. The van der Waals surface area contributed by atoms with Crippen LogP contribution in [0, 0.1) is 0 Å². The van der Waals surface area contributed by atoms with Gasteiger partial charge in [-0.1, -0.05) is 0 Å². The fourth-order valence-corrected chi connectivity index (χ4v) is 4.41. The van der Waals surface area contributed by atoms with Gasteiger partial charge in [-0.2, -0.15) is 0 Å². The van der Waals surface area contributed by atoms with Crippen LogP contribution in [-0.4, -0.2) is 103 Å². The van der Waals surface area contributed by atoms with Gasteiger partial charge in [0.25, 0.3) is 34.4 Å². The van der Waals surface area contributed by atoms with E-state index in [0.717, 1.165) is 50.5 Å². The van der Waals surface area contributed by atoms with Crippen molar-refractivity contribution in [2.75, 3.05) is 19.8 Å². The number of carbonyl (C=O) groups excluding carboxylic acids is 6. The van der Waals surface area contributed by atoms with Crippen molar-refractivity contribution < 1.29 is 58.3 Å². The highest BCUT2D eigenvalue weighted by atomic mass is 16.6. The van der Waals surface area contributed by atoms with Crippen LogP contribution in [0.1, 0.15) is 31.1 Å². The molecule has 0 saturated carbocycles. The smallest absolute Gasteiger partial charge is 0.332 e. The molecule has 3 aromatic heterocycles. The first-order valence-electron chi connectivity index (χ1n) is 14.6. The molecule has 1 saturated heterocycles. The Bertz CT molecular complexity index is 1880. The number of rotatable bonds is 6. The van der Waals surface area contributed by atoms with Crippen molar-refractivity contribution in [1.29, 1.82) is 0 Å². The van der Waals surface area contributed by atoms with Crippen LogP contribution in [0.25, 0.3) is 0 Å². The van der Waals surface area contributed by atoms with Gasteiger partial charge in [0.1, 0.15) is 19.8 Å². The summed E-state index contributed by atoms with van der Waals surface area (Å²) in [6, 6.07) is -2.54. The Morgan fingerprint density at radius 1 is 0.529 bits per heavy atom. The molecular formula is C30H30N6O15. The molecule has 1 fully saturated rings. The molecule has 3 amide bonds. The number of aryl methyl sites for hydroxylation is 3. The van der Waals surface area contributed by atoms with Crippen LogP contribution in [-0.2, 0) is 49.7 Å². The number of nitrogens with one attached hydrogen (secondary N) is 3. The van der Waals surface area contributed by atoms with Crippen molar-refractivity contribution in [3.05, 3.63) is 84.5 Å². The van der Waals surface area contributed by atoms with E-state index in [1.165, 1.54) is 21.1 Å². The summed E-state index contributed by atoms with van der Waals surface area (Å²) in [4.78, 5) is 115. The first-order chi connectivity index (χ1) is 24.0. The zero-order valence-corrected chi connectivity index (χ0v) is 26.9. The monoisotopic (exact) mass is 714 g/mol. The molecule has 3 aromatic rings. The van der Waals surface area contributed by atoms with Gasteiger partial charge < -0.3 is 59.2 Å². The average Bonchev–Trinajstić information content (AvgIpc) is 3.09. The largest absolute Gasteiger partial charge is 0.502 e. The van der Waals surface area contributed by atoms with Crippen molar-refractivity contribution in [3.63, 3.8) is 0 Å². The molecule has 4 rings (SSSR count). The van der Waals surface area contributed by atoms with Crippen molar-refractivity contribution in [3.8, 4) is 17.2 Å². The molecule has 0 spiro atoms. The van der Waals surface area contributed by atoms with Gasteiger partial charge in [-0.25, -0.2) is 14.4 Å². The van der Waals surface area contributed by atoms with Gasteiger partial charge in [0.05, 0.1) is 16.7 Å². The van der Waals surface area contributed by atoms with E-state index >= 15 is 0 Å². The minimum Gasteiger partial charge on any atom is -0.502 e. The molecule has 21 nitrogen and oxygen atoms in total. The maximum atomic E-state index is 13.2. The van der Waals surface area contributed by atoms with Crippen molar-refractivity contribution >= 4 is 35.6 Å². The number of amides is 3. The van der Waals surface area contributed by atoms with Gasteiger partial charge in [0, 0.05) is 39.7 Å². The molecule has 0 bridgehead atoms. The fourth-order valence-electron chi connectivity index (χ4n) is 4.41. The second kappa shape index (κ2) is 15.1. The molecule has 0 aliphatic carbocycles. The summed E-state index contributed by atoms with van der Waals surface area (Å²) < 4.78 is 18.2. The topological polar surface area (TPSA) is 293 Å². The van der Waals surface area contributed by atoms with E-state index in [1.54, 1.807) is 0 Å². The number of carbonyl (C=O) groups is 6. The summed E-state index contributed by atoms with van der Waals surface area (Å²) in [6.07, 6.45) is 3.43. The van der Waals surface area contributed by atoms with Gasteiger partial charge in [-0.3, -0.25) is 28.8 Å². The molecular weight excluding hydrogens is 684 g/mol. The van der Waals surface area contributed by atoms with Crippen LogP contribution in [0.2, 0.25) is 0 Å². The van der Waals surface area contributed by atoms with Crippen LogP contribution in [0.15, 0.2) is 51.2 Å². The Hall–Kier alpha value is -6.93. The Kier molecular flexibility index (Phi) is 10.9. The van der Waals surface area contributed by atoms with Crippen LogP contribution >= 0.6 is 0 Å². The van der Waals surface area contributed by atoms with E-state index in [2.05, 4.69) is 16.0 Å². The fraction of sp³-hybridized carbons (Fsp3) is 0.300. The number of hydrogen-bond donors (Lipinski definition) is 6. The van der Waals surface area contributed by atoms with Crippen molar-refractivity contribution in [2.45, 2.75) is 18.1 Å². The van der Waals surface area contributed by atoms with E-state index < -0.39 is 124 Å². The lowest BCUT2D eigenvalue weighted by molar-refractivity contribution is -0.160. The minimum absolute atomic E-state index is 0.579. The van der Waals surface area contributed by atoms with E-state index in [-0.39, 0.29) is 0 Å². The van der Waals surface area contributed by atoms with Crippen LogP contribution in [0.3, 0.4) is 0 Å². The number of aromatic nitrogens is 3. The van der Waals surface area contributed by atoms with Gasteiger partial charge in [0.15, 0.2) is 35.4 Å². The highest BCUT2D eigenvalue weighted by molar-refractivity contribution is 6.01. The lowest BCUT2D eigenvalue weighted by atomic mass is 10.2. The number of cyclic esters (lactones) is 3. The van der Waals surface area contributed by atoms with E-state index in [1.807, 2.05) is 0 Å². The van der Waals surface area contributed by atoms with Gasteiger partial charge in [-0.15, -0.1) is 0 Å². The summed E-state index contributed by atoms with van der Waals surface area (Å²) in [6.45, 7) is -2.99. The van der Waals surface area contributed by atoms with Crippen molar-refractivity contribution in [2.24, 2.45) is 21.1 Å². The maximum Gasteiger partial charge on any atom is 0.332 e. The van der Waals surface area contributed by atoms with Gasteiger partial charge in [-0.05, 0) is 18.2 Å². The Labute approximate surface area is 284 Å². The third-order valence-corrected chi connectivity index (χ3v) is 7.41. The van der Waals surface area contributed by atoms with Gasteiger partial charge >= 0.3 is 17.9 Å². The molecule has 51 heavy (non-hydrogen) atoms. The number of nitrogens with zero attached hydrogens (tertiary/aromatic N) is 3. The summed E-state index contributed by atoms with van der Waals surface area (Å²) in [5, 5.41) is 37.0. The second-order valence-electron chi connectivity index (χ2n) is 11.0. The lowest BCUT2D eigenvalue weighted by Gasteiger charge is -2.25. The molecule has 0 radical (unpaired) electrons. The Morgan fingerprint density at radius 2 is 0.765 bits per heavy atom. The third-order valence-electron chi connectivity index (χ3n) is 7.41. The number of hydrogen-bond acceptors (Lipinski definition) is 15. The number of pyridine rings is 3. The standard InChI is InChI=1S/C30H30N6O15/c1-34-7-4-13(19(37)25(34)43)22(40)31-16-10-49-29(47)18(33-24(42)15-6-9-36(3)27(45)21(15)39)12-51-30(48)17(11-50-28(16)46)32-23(41)14-5-8-35(2)26(44)20(14)38/h4-9,16-18,37-39H,10-12H2,1-3H3,(H,31,40)(H,32,41)(H,33,42). The molecule has 4 heterocycles. The molecule has 270 valence electrons. The third kappa shape index (κ3) is 8.04. The first kappa shape index (κ1) is 36.9. The lowest BCUT2D eigenvalue weighted by Crippen LogP contribution is -2.53. The Balaban J connectivity index is 1.66. The molecule has 21 heteroatoms. The first-order valence-corrected chi connectivity index (χ1v) is 14.6. The van der Waals surface area contributed by atoms with E-state index in [9.17, 15) is 58.5 Å². The van der Waals surface area contributed by atoms with Crippen LogP contribution in [0.4, 0.5) is 0 Å². The minimum atomic E-state index is -1.89. The molecule has 0 aromatic carbocycles. The van der Waals surface area contributed by atoms with Crippen LogP contribution in [0.5, 0.6) is 17.2 Å². The molecule has 3 unspecified atom stereocenters. The summed E-state index contributed by atoms with van der Waals surface area (Å²) in [5.41, 5.74) is -4.62. The molecule has 1 aliphatic rings. The number of ether oxygens (including phenoxy) is 3. The SMILES string of the molecule is Cn1ccc(C(=O)NC2COC(=O)C(NC(=O)c3ccn(C)c(=O)c3O)COC(=O)C(NC(=O)c3ccn(C)c(=O)c3O)COC2=O)c(O)c1=O. The van der Waals surface area contributed by atoms with Crippen LogP contribution < -0.4 is 32.6 Å². The number of esters is 3. The predicted molar refractivity (Wildman–Crippen MR) is 167 cm³/mol. The Morgan fingerprint density at radius 3 is 1.00 bits per heavy atom. The van der Waals surface area contributed by atoms with E-state index in [4.69, 9.17) is 14.2 Å². The molecule has 1 aliphatic heterocycles. The normalized spacial score (nSPS) is 18.2. The van der Waals surface area contributed by atoms with E-state index in [0.29, 0.717) is 0 Å². The number of aromatic hydroxyl groups is 3. The average molecular weight is 715 g/mol. The van der Waals surface area contributed by atoms with Crippen molar-refractivity contribution in [1.82, 2.24) is 29.7 Å². The predicted octanol–water partition coefficient (Wildman–Crippen LogP) is -3.76. The van der Waals surface area contributed by atoms with Gasteiger partial charge in [0.2, 0.25) is 0 Å². The quantitative estimate of drug-likeness (QED) is 0.106. The highest BCUT2D eigenvalue weighted by Gasteiger charge is 2.35. The second-order valence-corrected chi connectivity index (χ2v) is 11.0. The molecule has 6 N–H and O–H groups in total.